The molecule has 0 aliphatic carbocycles. The molecule has 0 bridgehead atoms. The number of carbonyl (C=O) groups excluding carboxylic acids is 1. The van der Waals surface area contributed by atoms with Crippen LogP contribution in [0.3, 0.4) is 0 Å². The lowest BCUT2D eigenvalue weighted by molar-refractivity contribution is -0.121. The Bertz CT molecular complexity index is 478. The molecule has 1 heterocycles. The van der Waals surface area contributed by atoms with Crippen molar-refractivity contribution in [3.63, 3.8) is 0 Å². The Morgan fingerprint density at radius 1 is 1.41 bits per heavy atom. The third-order valence-corrected chi connectivity index (χ3v) is 4.06. The van der Waals surface area contributed by atoms with Gasteiger partial charge in [-0.05, 0) is 30.7 Å². The zero-order valence-electron chi connectivity index (χ0n) is 12.8. The molecule has 1 saturated heterocycles. The largest absolute Gasteiger partial charge is 0.379 e. The highest BCUT2D eigenvalue weighted by Crippen LogP contribution is 2.23. The second-order valence-electron chi connectivity index (χ2n) is 5.42. The lowest BCUT2D eigenvalue weighted by Crippen LogP contribution is -2.43. The Morgan fingerprint density at radius 3 is 2.86 bits per heavy atom. The number of carbonyl (C=O) groups is 1. The summed E-state index contributed by atoms with van der Waals surface area (Å²) in [5.74, 6) is 0.0470. The fourth-order valence-corrected chi connectivity index (χ4v) is 2.82. The second kappa shape index (κ2) is 9.10. The van der Waals surface area contributed by atoms with E-state index in [1.807, 2.05) is 18.2 Å². The minimum atomic E-state index is 0.0470. The Morgan fingerprint density at radius 2 is 2.18 bits per heavy atom. The van der Waals surface area contributed by atoms with Crippen molar-refractivity contribution in [3.8, 4) is 0 Å². The first-order chi connectivity index (χ1) is 10.7. The van der Waals surface area contributed by atoms with Crippen LogP contribution in [0.15, 0.2) is 24.3 Å². The molecule has 1 aliphatic rings. The summed E-state index contributed by atoms with van der Waals surface area (Å²) in [6.45, 7) is 4.26. The van der Waals surface area contributed by atoms with Crippen molar-refractivity contribution in [2.75, 3.05) is 39.4 Å². The molecule has 3 N–H and O–H groups in total. The monoisotopic (exact) mass is 325 g/mol. The molecule has 1 aromatic rings. The molecule has 6 heteroatoms. The van der Waals surface area contributed by atoms with Crippen LogP contribution in [0.2, 0.25) is 5.02 Å². The van der Waals surface area contributed by atoms with Crippen molar-refractivity contribution < 1.29 is 9.53 Å². The number of nitrogens with zero attached hydrogens (tertiary/aromatic N) is 1. The van der Waals surface area contributed by atoms with Gasteiger partial charge in [-0.2, -0.15) is 0 Å². The number of morpholine rings is 1. The number of nitrogens with one attached hydrogen (secondary N) is 1. The highest BCUT2D eigenvalue weighted by atomic mass is 35.5. The number of amides is 1. The fourth-order valence-electron chi connectivity index (χ4n) is 2.62. The smallest absolute Gasteiger partial charge is 0.220 e. The third-order valence-electron chi connectivity index (χ3n) is 3.82. The van der Waals surface area contributed by atoms with Crippen LogP contribution < -0.4 is 11.1 Å². The molecular weight excluding hydrogens is 302 g/mol. The maximum absolute atomic E-state index is 11.9. The summed E-state index contributed by atoms with van der Waals surface area (Å²) in [6.07, 6.45) is 1.19. The summed E-state index contributed by atoms with van der Waals surface area (Å²) in [5.41, 5.74) is 6.56. The summed E-state index contributed by atoms with van der Waals surface area (Å²) in [4.78, 5) is 14.2. The molecule has 122 valence electrons. The van der Waals surface area contributed by atoms with E-state index in [4.69, 9.17) is 22.1 Å². The number of hydrogen-bond acceptors (Lipinski definition) is 4. The number of rotatable bonds is 7. The van der Waals surface area contributed by atoms with E-state index in [9.17, 15) is 4.79 Å². The molecule has 0 radical (unpaired) electrons. The molecule has 1 aromatic carbocycles. The Hall–Kier alpha value is -1.14. The van der Waals surface area contributed by atoms with Gasteiger partial charge in [-0.1, -0.05) is 23.7 Å². The number of hydrogen-bond donors (Lipinski definition) is 2. The van der Waals surface area contributed by atoms with E-state index in [1.165, 1.54) is 0 Å². The fraction of sp³-hybridized carbons (Fsp3) is 0.562. The molecule has 1 atom stereocenters. The molecular formula is C16H24ClN3O2. The van der Waals surface area contributed by atoms with Crippen molar-refractivity contribution in [2.24, 2.45) is 5.73 Å². The van der Waals surface area contributed by atoms with Gasteiger partial charge >= 0.3 is 0 Å². The zero-order valence-corrected chi connectivity index (χ0v) is 13.5. The average molecular weight is 326 g/mol. The molecule has 0 spiro atoms. The predicted octanol–water partition coefficient (Wildman–Crippen LogP) is 1.57. The van der Waals surface area contributed by atoms with Crippen molar-refractivity contribution in [2.45, 2.75) is 18.9 Å². The maximum atomic E-state index is 11.9. The van der Waals surface area contributed by atoms with Gasteiger partial charge in [0.25, 0.3) is 0 Å². The summed E-state index contributed by atoms with van der Waals surface area (Å²) >= 11 is 6.11. The van der Waals surface area contributed by atoms with Gasteiger partial charge in [0.1, 0.15) is 0 Å². The van der Waals surface area contributed by atoms with E-state index in [1.54, 1.807) is 0 Å². The molecule has 1 fully saturated rings. The van der Waals surface area contributed by atoms with Crippen LogP contribution in [0.5, 0.6) is 0 Å². The molecule has 0 saturated carbocycles. The van der Waals surface area contributed by atoms with Crippen molar-refractivity contribution in [1.82, 2.24) is 10.2 Å². The van der Waals surface area contributed by atoms with Gasteiger partial charge in [0, 0.05) is 31.1 Å². The zero-order chi connectivity index (χ0) is 15.8. The molecule has 22 heavy (non-hydrogen) atoms. The van der Waals surface area contributed by atoms with E-state index in [0.717, 1.165) is 31.9 Å². The van der Waals surface area contributed by atoms with Gasteiger partial charge in [0.15, 0.2) is 0 Å². The molecule has 1 unspecified atom stereocenters. The van der Waals surface area contributed by atoms with Gasteiger partial charge in [-0.25, -0.2) is 0 Å². The van der Waals surface area contributed by atoms with E-state index in [2.05, 4.69) is 16.3 Å². The highest BCUT2D eigenvalue weighted by Gasteiger charge is 2.23. The highest BCUT2D eigenvalue weighted by molar-refractivity contribution is 6.30. The number of halogens is 1. The molecule has 1 amide bonds. The summed E-state index contributed by atoms with van der Waals surface area (Å²) in [6, 6.07) is 7.94. The first-order valence-electron chi connectivity index (χ1n) is 7.74. The van der Waals surface area contributed by atoms with Gasteiger partial charge in [-0.3, -0.25) is 9.69 Å². The minimum Gasteiger partial charge on any atom is -0.379 e. The van der Waals surface area contributed by atoms with E-state index in [0.29, 0.717) is 31.0 Å². The Kier molecular flexibility index (Phi) is 7.12. The van der Waals surface area contributed by atoms with Crippen LogP contribution in [-0.2, 0) is 9.53 Å². The molecule has 5 nitrogen and oxygen atoms in total. The standard InChI is InChI=1S/C16H24ClN3O2/c17-14-4-1-3-13(11-14)15(20-7-9-22-10-8-20)12-19-16(21)5-2-6-18/h1,3-4,11,15H,2,5-10,12,18H2,(H,19,21). The van der Waals surface area contributed by atoms with Crippen LogP contribution in [0.1, 0.15) is 24.4 Å². The SMILES string of the molecule is NCCCC(=O)NCC(c1cccc(Cl)c1)N1CCOCC1. The van der Waals surface area contributed by atoms with Crippen molar-refractivity contribution in [1.29, 1.82) is 0 Å². The normalized spacial score (nSPS) is 17.2. The van der Waals surface area contributed by atoms with Crippen molar-refractivity contribution in [3.05, 3.63) is 34.9 Å². The number of benzene rings is 1. The van der Waals surface area contributed by atoms with Crippen LogP contribution in [0, 0.1) is 0 Å². The van der Waals surface area contributed by atoms with E-state index in [-0.39, 0.29) is 11.9 Å². The first kappa shape index (κ1) is 17.2. The Balaban J connectivity index is 2.03. The molecule has 2 rings (SSSR count). The van der Waals surface area contributed by atoms with Crippen LogP contribution >= 0.6 is 11.6 Å². The minimum absolute atomic E-state index is 0.0470. The van der Waals surface area contributed by atoms with Crippen LogP contribution in [0.25, 0.3) is 0 Å². The molecule has 0 aromatic heterocycles. The first-order valence-corrected chi connectivity index (χ1v) is 8.12. The van der Waals surface area contributed by atoms with Gasteiger partial charge in [0.2, 0.25) is 5.91 Å². The summed E-state index contributed by atoms with van der Waals surface area (Å²) in [5, 5.41) is 3.73. The van der Waals surface area contributed by atoms with E-state index < -0.39 is 0 Å². The predicted molar refractivity (Wildman–Crippen MR) is 87.9 cm³/mol. The lowest BCUT2D eigenvalue weighted by atomic mass is 10.0. The lowest BCUT2D eigenvalue weighted by Gasteiger charge is -2.35. The average Bonchev–Trinajstić information content (AvgIpc) is 2.54. The van der Waals surface area contributed by atoms with Gasteiger partial charge < -0.3 is 15.8 Å². The third kappa shape index (κ3) is 5.25. The number of nitrogens with two attached hydrogens (primary N) is 1. The number of ether oxygens (including phenoxy) is 1. The summed E-state index contributed by atoms with van der Waals surface area (Å²) < 4.78 is 5.42. The maximum Gasteiger partial charge on any atom is 0.220 e. The topological polar surface area (TPSA) is 67.6 Å². The van der Waals surface area contributed by atoms with Crippen molar-refractivity contribution >= 4 is 17.5 Å². The van der Waals surface area contributed by atoms with Gasteiger partial charge in [0.05, 0.1) is 19.3 Å². The Labute approximate surface area is 136 Å². The van der Waals surface area contributed by atoms with Crippen LogP contribution in [-0.4, -0.2) is 50.2 Å². The van der Waals surface area contributed by atoms with Gasteiger partial charge in [-0.15, -0.1) is 0 Å². The van der Waals surface area contributed by atoms with Crippen LogP contribution in [0.4, 0.5) is 0 Å². The van der Waals surface area contributed by atoms with E-state index >= 15 is 0 Å². The summed E-state index contributed by atoms with van der Waals surface area (Å²) in [7, 11) is 0. The second-order valence-corrected chi connectivity index (χ2v) is 5.85. The quantitative estimate of drug-likeness (QED) is 0.798. The molecule has 1 aliphatic heterocycles.